The Bertz CT molecular complexity index is 772. The molecule has 3 aromatic rings. The monoisotopic (exact) mass is 338 g/mol. The summed E-state index contributed by atoms with van der Waals surface area (Å²) in [6.45, 7) is 2.13. The lowest BCUT2D eigenvalue weighted by molar-refractivity contribution is 0.206. The van der Waals surface area contributed by atoms with Crippen LogP contribution in [0.2, 0.25) is 0 Å². The molecule has 0 aliphatic rings. The van der Waals surface area contributed by atoms with Crippen LogP contribution < -0.4 is 10.2 Å². The Kier molecular flexibility index (Phi) is 5.58. The van der Waals surface area contributed by atoms with Crippen molar-refractivity contribution in [1.82, 2.24) is 20.0 Å². The van der Waals surface area contributed by atoms with E-state index in [1.807, 2.05) is 49.6 Å². The number of nitrogens with one attached hydrogen (secondary N) is 1. The molecule has 2 heterocycles. The van der Waals surface area contributed by atoms with Crippen LogP contribution in [0.1, 0.15) is 5.56 Å². The van der Waals surface area contributed by atoms with Gasteiger partial charge in [0.2, 0.25) is 0 Å². The Labute approximate surface area is 147 Å². The highest BCUT2D eigenvalue weighted by Crippen LogP contribution is 2.11. The van der Waals surface area contributed by atoms with E-state index in [9.17, 15) is 0 Å². The van der Waals surface area contributed by atoms with Crippen molar-refractivity contribution >= 4 is 11.6 Å². The quantitative estimate of drug-likeness (QED) is 0.680. The van der Waals surface area contributed by atoms with Crippen molar-refractivity contribution in [2.75, 3.05) is 37.5 Å². The summed E-state index contributed by atoms with van der Waals surface area (Å²) in [5, 5.41) is 12.0. The van der Waals surface area contributed by atoms with Crippen LogP contribution in [0.5, 0.6) is 0 Å². The minimum absolute atomic E-state index is 0.641. The van der Waals surface area contributed by atoms with Gasteiger partial charge in [0, 0.05) is 33.4 Å². The van der Waals surface area contributed by atoms with Crippen LogP contribution in [0.15, 0.2) is 54.9 Å². The number of aromatic nitrogens is 4. The lowest BCUT2D eigenvalue weighted by Crippen LogP contribution is -2.22. The maximum absolute atomic E-state index is 5.08. The summed E-state index contributed by atoms with van der Waals surface area (Å²) in [6, 6.07) is 13.9. The van der Waals surface area contributed by atoms with Crippen molar-refractivity contribution in [2.45, 2.75) is 6.54 Å². The predicted octanol–water partition coefficient (Wildman–Crippen LogP) is 2.36. The fourth-order valence-electron chi connectivity index (χ4n) is 2.31. The number of nitrogens with zero attached hydrogens (tertiary/aromatic N) is 5. The molecule has 0 bridgehead atoms. The second-order valence-corrected chi connectivity index (χ2v) is 5.65. The van der Waals surface area contributed by atoms with Crippen LogP contribution in [0.3, 0.4) is 0 Å². The minimum Gasteiger partial charge on any atom is -0.383 e. The first-order chi connectivity index (χ1) is 12.3. The molecule has 7 nitrogen and oxygen atoms in total. The third kappa shape index (κ3) is 4.54. The molecular formula is C18H22N6O. The lowest BCUT2D eigenvalue weighted by Gasteiger charge is -2.17. The maximum Gasteiger partial charge on any atom is 0.169 e. The van der Waals surface area contributed by atoms with Gasteiger partial charge in [0.1, 0.15) is 5.82 Å². The molecule has 130 valence electrons. The number of para-hydroxylation sites is 1. The number of rotatable bonds is 8. The van der Waals surface area contributed by atoms with Crippen molar-refractivity contribution in [1.29, 1.82) is 0 Å². The molecule has 1 aromatic carbocycles. The molecule has 0 aliphatic heterocycles. The van der Waals surface area contributed by atoms with Gasteiger partial charge in [0.15, 0.2) is 5.82 Å². The molecule has 0 fully saturated rings. The zero-order chi connectivity index (χ0) is 17.5. The van der Waals surface area contributed by atoms with Crippen molar-refractivity contribution in [3.8, 4) is 5.69 Å². The summed E-state index contributed by atoms with van der Waals surface area (Å²) in [5.41, 5.74) is 2.01. The van der Waals surface area contributed by atoms with Crippen LogP contribution in [-0.4, -0.2) is 47.3 Å². The summed E-state index contributed by atoms with van der Waals surface area (Å²) in [7, 11) is 3.70. The topological polar surface area (TPSA) is 68.1 Å². The van der Waals surface area contributed by atoms with Crippen molar-refractivity contribution in [2.24, 2.45) is 0 Å². The number of methoxy groups -OCH3 is 1. The van der Waals surface area contributed by atoms with Gasteiger partial charge in [-0.2, -0.15) is 5.10 Å². The Morgan fingerprint density at radius 3 is 2.68 bits per heavy atom. The van der Waals surface area contributed by atoms with E-state index >= 15 is 0 Å². The predicted molar refractivity (Wildman–Crippen MR) is 98.1 cm³/mol. The molecule has 0 atom stereocenters. The summed E-state index contributed by atoms with van der Waals surface area (Å²) < 4.78 is 5.08. The van der Waals surface area contributed by atoms with E-state index in [1.165, 1.54) is 0 Å². The number of ether oxygens (including phenoxy) is 1. The Hall–Kier alpha value is -2.93. The third-order valence-electron chi connectivity index (χ3n) is 3.78. The molecule has 0 amide bonds. The van der Waals surface area contributed by atoms with Gasteiger partial charge in [0.05, 0.1) is 18.5 Å². The van der Waals surface area contributed by atoms with Crippen molar-refractivity contribution < 1.29 is 4.74 Å². The van der Waals surface area contributed by atoms with E-state index in [0.29, 0.717) is 13.2 Å². The second kappa shape index (κ2) is 8.25. The summed E-state index contributed by atoms with van der Waals surface area (Å²) in [6.07, 6.45) is 3.58. The first kappa shape index (κ1) is 16.9. The highest BCUT2D eigenvalue weighted by atomic mass is 16.5. The SMILES string of the molecule is COCCN(C)c1ccc(CNc2cnn(-c3ccccc3)n2)cn1. The van der Waals surface area contributed by atoms with Gasteiger partial charge < -0.3 is 15.0 Å². The number of pyridine rings is 1. The van der Waals surface area contributed by atoms with Gasteiger partial charge in [-0.1, -0.05) is 24.3 Å². The molecule has 0 spiro atoms. The third-order valence-corrected chi connectivity index (χ3v) is 3.78. The molecule has 0 saturated carbocycles. The van der Waals surface area contributed by atoms with Gasteiger partial charge in [-0.15, -0.1) is 9.90 Å². The molecule has 0 aliphatic carbocycles. The van der Waals surface area contributed by atoms with Crippen molar-refractivity contribution in [3.05, 3.63) is 60.4 Å². The first-order valence-electron chi connectivity index (χ1n) is 8.13. The maximum atomic E-state index is 5.08. The Morgan fingerprint density at radius 1 is 1.12 bits per heavy atom. The van der Waals surface area contributed by atoms with E-state index in [-0.39, 0.29) is 0 Å². The van der Waals surface area contributed by atoms with Gasteiger partial charge in [0.25, 0.3) is 0 Å². The zero-order valence-corrected chi connectivity index (χ0v) is 14.5. The average Bonchev–Trinajstić information content (AvgIpc) is 3.14. The normalized spacial score (nSPS) is 10.6. The second-order valence-electron chi connectivity index (χ2n) is 5.65. The number of hydrogen-bond acceptors (Lipinski definition) is 6. The van der Waals surface area contributed by atoms with Gasteiger partial charge in [-0.05, 0) is 23.8 Å². The largest absolute Gasteiger partial charge is 0.383 e. The Balaban J connectivity index is 1.56. The first-order valence-corrected chi connectivity index (χ1v) is 8.13. The molecule has 2 aromatic heterocycles. The Morgan fingerprint density at radius 2 is 1.96 bits per heavy atom. The number of anilines is 2. The van der Waals surface area contributed by atoms with Crippen LogP contribution in [0.4, 0.5) is 11.6 Å². The van der Waals surface area contributed by atoms with Crippen LogP contribution in [-0.2, 0) is 11.3 Å². The zero-order valence-electron chi connectivity index (χ0n) is 14.5. The molecule has 7 heteroatoms. The molecule has 0 radical (unpaired) electrons. The summed E-state index contributed by atoms with van der Waals surface area (Å²) in [4.78, 5) is 8.15. The molecule has 0 unspecified atom stereocenters. The standard InChI is InChI=1S/C18H22N6O/c1-23(10-11-25-2)18-9-8-15(13-20-18)12-19-17-14-21-24(22-17)16-6-4-3-5-7-16/h3-9,13-14H,10-12H2,1-2H3,(H,19,22). The summed E-state index contributed by atoms with van der Waals surface area (Å²) >= 11 is 0. The molecule has 1 N–H and O–H groups in total. The highest BCUT2D eigenvalue weighted by Gasteiger charge is 2.04. The van der Waals surface area contributed by atoms with Crippen LogP contribution in [0.25, 0.3) is 5.69 Å². The number of hydrogen-bond donors (Lipinski definition) is 1. The van der Waals surface area contributed by atoms with Gasteiger partial charge in [-0.3, -0.25) is 0 Å². The fourth-order valence-corrected chi connectivity index (χ4v) is 2.31. The average molecular weight is 338 g/mol. The molecular weight excluding hydrogens is 316 g/mol. The number of likely N-dealkylation sites (N-methyl/N-ethyl adjacent to an activating group) is 1. The highest BCUT2D eigenvalue weighted by molar-refractivity contribution is 5.40. The van der Waals surface area contributed by atoms with Crippen LogP contribution in [0, 0.1) is 0 Å². The van der Waals surface area contributed by atoms with E-state index in [1.54, 1.807) is 18.1 Å². The smallest absolute Gasteiger partial charge is 0.169 e. The molecule has 25 heavy (non-hydrogen) atoms. The molecule has 3 rings (SSSR count). The van der Waals surface area contributed by atoms with Gasteiger partial charge in [-0.25, -0.2) is 4.98 Å². The fraction of sp³-hybridized carbons (Fsp3) is 0.278. The van der Waals surface area contributed by atoms with E-state index in [2.05, 4.69) is 31.5 Å². The minimum atomic E-state index is 0.641. The molecule has 0 saturated heterocycles. The van der Waals surface area contributed by atoms with E-state index < -0.39 is 0 Å². The van der Waals surface area contributed by atoms with Gasteiger partial charge >= 0.3 is 0 Å². The number of benzene rings is 1. The van der Waals surface area contributed by atoms with Crippen molar-refractivity contribution in [3.63, 3.8) is 0 Å². The van der Waals surface area contributed by atoms with E-state index in [0.717, 1.165) is 29.4 Å². The lowest BCUT2D eigenvalue weighted by atomic mass is 10.3. The van der Waals surface area contributed by atoms with Crippen LogP contribution >= 0.6 is 0 Å². The summed E-state index contributed by atoms with van der Waals surface area (Å²) in [5.74, 6) is 1.65. The van der Waals surface area contributed by atoms with E-state index in [4.69, 9.17) is 4.74 Å².